The molecule has 0 saturated carbocycles. The number of aryl methyl sites for hydroxylation is 1. The number of fused-ring (bicyclic) bond motifs is 3. The molecule has 1 aliphatic rings. The zero-order chi connectivity index (χ0) is 19.0. The third-order valence-corrected chi connectivity index (χ3v) is 5.31. The predicted octanol–water partition coefficient (Wildman–Crippen LogP) is 4.13. The molecule has 6 heteroatoms. The number of rotatable bonds is 4. The summed E-state index contributed by atoms with van der Waals surface area (Å²) in [4.78, 5) is 26.5. The largest absolute Gasteiger partial charge is 0.358 e. The minimum Gasteiger partial charge on any atom is -0.358 e. The zero-order valence-electron chi connectivity index (χ0n) is 15.1. The molecule has 0 bridgehead atoms. The van der Waals surface area contributed by atoms with E-state index in [1.54, 1.807) is 12.1 Å². The summed E-state index contributed by atoms with van der Waals surface area (Å²) in [6, 6.07) is 12.1. The van der Waals surface area contributed by atoms with Crippen LogP contribution in [0.4, 0.5) is 5.69 Å². The number of amides is 1. The summed E-state index contributed by atoms with van der Waals surface area (Å²) in [5.41, 5.74) is 4.99. The third-order valence-electron chi connectivity index (χ3n) is 5.31. The highest BCUT2D eigenvalue weighted by Gasteiger charge is 2.22. The lowest BCUT2D eigenvalue weighted by Crippen LogP contribution is -2.23. The van der Waals surface area contributed by atoms with Gasteiger partial charge in [0, 0.05) is 29.8 Å². The van der Waals surface area contributed by atoms with E-state index in [4.69, 9.17) is 0 Å². The van der Waals surface area contributed by atoms with Crippen LogP contribution in [-0.4, -0.2) is 15.8 Å². The highest BCUT2D eigenvalue weighted by molar-refractivity contribution is 6.06. The van der Waals surface area contributed by atoms with Crippen LogP contribution in [0.2, 0.25) is 0 Å². The van der Waals surface area contributed by atoms with E-state index in [-0.39, 0.29) is 11.6 Å². The first-order valence-corrected chi connectivity index (χ1v) is 9.17. The Hall–Kier alpha value is -3.15. The summed E-state index contributed by atoms with van der Waals surface area (Å²) < 4.78 is 0. The molecule has 1 aromatic heterocycles. The number of para-hydroxylation sites is 1. The number of nitrogens with one attached hydrogen (secondary N) is 2. The molecule has 1 aliphatic carbocycles. The summed E-state index contributed by atoms with van der Waals surface area (Å²) >= 11 is 0. The molecule has 2 aromatic carbocycles. The second kappa shape index (κ2) is 6.87. The fourth-order valence-corrected chi connectivity index (χ4v) is 3.82. The smallest absolute Gasteiger partial charge is 0.269 e. The van der Waals surface area contributed by atoms with Crippen molar-refractivity contribution in [1.82, 2.24) is 10.3 Å². The number of carbonyl (C=O) groups excluding carboxylic acids is 1. The molecule has 0 spiro atoms. The number of nitro groups is 1. The van der Waals surface area contributed by atoms with Gasteiger partial charge in [-0.1, -0.05) is 31.2 Å². The molecule has 3 aromatic rings. The van der Waals surface area contributed by atoms with E-state index in [0.717, 1.165) is 29.3 Å². The van der Waals surface area contributed by atoms with E-state index < -0.39 is 4.92 Å². The van der Waals surface area contributed by atoms with E-state index >= 15 is 0 Å². The molecule has 138 valence electrons. The fraction of sp³-hybridized carbons (Fsp3) is 0.286. The quantitative estimate of drug-likeness (QED) is 0.539. The SMILES string of the molecule is CC1CCc2[nH]c3c(C(=O)NCc4ccc([N+](=O)[O-])cc4)cccc3c2C1. The average Bonchev–Trinajstić information content (AvgIpc) is 3.04. The molecular weight excluding hydrogens is 342 g/mol. The number of non-ortho nitro benzene ring substituents is 1. The van der Waals surface area contributed by atoms with E-state index in [1.807, 2.05) is 12.1 Å². The maximum absolute atomic E-state index is 12.7. The molecule has 4 rings (SSSR count). The molecule has 0 aliphatic heterocycles. The van der Waals surface area contributed by atoms with Crippen LogP contribution in [0.5, 0.6) is 0 Å². The summed E-state index contributed by atoms with van der Waals surface area (Å²) in [6.07, 6.45) is 3.24. The van der Waals surface area contributed by atoms with Crippen LogP contribution in [0, 0.1) is 16.0 Å². The zero-order valence-corrected chi connectivity index (χ0v) is 15.1. The van der Waals surface area contributed by atoms with Gasteiger partial charge in [0.2, 0.25) is 0 Å². The lowest BCUT2D eigenvalue weighted by atomic mass is 9.87. The van der Waals surface area contributed by atoms with Crippen molar-refractivity contribution in [2.45, 2.75) is 32.7 Å². The lowest BCUT2D eigenvalue weighted by Gasteiger charge is -2.17. The van der Waals surface area contributed by atoms with Crippen LogP contribution in [0.25, 0.3) is 10.9 Å². The number of hydrogen-bond donors (Lipinski definition) is 2. The van der Waals surface area contributed by atoms with Crippen molar-refractivity contribution in [1.29, 1.82) is 0 Å². The Morgan fingerprint density at radius 3 is 2.78 bits per heavy atom. The number of hydrogen-bond acceptors (Lipinski definition) is 3. The van der Waals surface area contributed by atoms with Gasteiger partial charge in [0.15, 0.2) is 0 Å². The first-order valence-electron chi connectivity index (χ1n) is 9.17. The normalized spacial score (nSPS) is 16.1. The lowest BCUT2D eigenvalue weighted by molar-refractivity contribution is -0.384. The van der Waals surface area contributed by atoms with Crippen molar-refractivity contribution in [2.75, 3.05) is 0 Å². The number of H-pyrrole nitrogens is 1. The Bertz CT molecular complexity index is 1020. The molecule has 1 amide bonds. The first kappa shape index (κ1) is 17.3. The van der Waals surface area contributed by atoms with Crippen LogP contribution >= 0.6 is 0 Å². The Morgan fingerprint density at radius 1 is 1.26 bits per heavy atom. The van der Waals surface area contributed by atoms with Crippen molar-refractivity contribution >= 4 is 22.5 Å². The molecule has 0 radical (unpaired) electrons. The fourth-order valence-electron chi connectivity index (χ4n) is 3.82. The van der Waals surface area contributed by atoms with Crippen LogP contribution in [-0.2, 0) is 19.4 Å². The molecule has 1 unspecified atom stereocenters. The molecule has 0 saturated heterocycles. The van der Waals surface area contributed by atoms with Gasteiger partial charge in [0.25, 0.3) is 11.6 Å². The number of aromatic nitrogens is 1. The van der Waals surface area contributed by atoms with Gasteiger partial charge in [0.05, 0.1) is 16.0 Å². The van der Waals surface area contributed by atoms with Gasteiger partial charge >= 0.3 is 0 Å². The number of nitrogens with zero attached hydrogens (tertiary/aromatic N) is 1. The van der Waals surface area contributed by atoms with Gasteiger partial charge in [-0.3, -0.25) is 14.9 Å². The summed E-state index contributed by atoms with van der Waals surface area (Å²) in [7, 11) is 0. The molecule has 2 N–H and O–H groups in total. The van der Waals surface area contributed by atoms with Crippen molar-refractivity contribution in [3.63, 3.8) is 0 Å². The molecule has 6 nitrogen and oxygen atoms in total. The first-order chi connectivity index (χ1) is 13.0. The van der Waals surface area contributed by atoms with Crippen LogP contribution in [0.1, 0.15) is 40.5 Å². The maximum Gasteiger partial charge on any atom is 0.269 e. The maximum atomic E-state index is 12.7. The molecule has 27 heavy (non-hydrogen) atoms. The van der Waals surface area contributed by atoms with Crippen molar-refractivity contribution < 1.29 is 9.72 Å². The average molecular weight is 363 g/mol. The minimum absolute atomic E-state index is 0.0426. The number of benzene rings is 2. The van der Waals surface area contributed by atoms with Crippen molar-refractivity contribution in [3.8, 4) is 0 Å². The van der Waals surface area contributed by atoms with E-state index in [9.17, 15) is 14.9 Å². The molecular formula is C21H21N3O3. The van der Waals surface area contributed by atoms with Crippen molar-refractivity contribution in [2.24, 2.45) is 5.92 Å². The molecule has 1 atom stereocenters. The standard InChI is InChI=1S/C21H21N3O3/c1-13-5-10-19-18(11-13)16-3-2-4-17(20(16)23-19)21(25)22-12-14-6-8-15(9-7-14)24(26)27/h2-4,6-9,13,23H,5,10-12H2,1H3,(H,22,25). The van der Waals surface area contributed by atoms with Gasteiger partial charge in [-0.2, -0.15) is 0 Å². The highest BCUT2D eigenvalue weighted by atomic mass is 16.6. The van der Waals surface area contributed by atoms with E-state index in [0.29, 0.717) is 18.0 Å². The number of aromatic amines is 1. The van der Waals surface area contributed by atoms with Gasteiger partial charge in [-0.25, -0.2) is 0 Å². The number of carbonyl (C=O) groups is 1. The van der Waals surface area contributed by atoms with Crippen molar-refractivity contribution in [3.05, 3.63) is 75.0 Å². The summed E-state index contributed by atoms with van der Waals surface area (Å²) in [6.45, 7) is 2.59. The number of nitro benzene ring substituents is 1. The van der Waals surface area contributed by atoms with Gasteiger partial charge < -0.3 is 10.3 Å². The predicted molar refractivity (Wildman–Crippen MR) is 104 cm³/mol. The molecule has 0 fully saturated rings. The van der Waals surface area contributed by atoms with Crippen LogP contribution in [0.15, 0.2) is 42.5 Å². The Morgan fingerprint density at radius 2 is 2.04 bits per heavy atom. The second-order valence-corrected chi connectivity index (χ2v) is 7.26. The summed E-state index contributed by atoms with van der Waals surface area (Å²) in [5.74, 6) is 0.515. The third kappa shape index (κ3) is 3.30. The second-order valence-electron chi connectivity index (χ2n) is 7.26. The van der Waals surface area contributed by atoms with E-state index in [1.165, 1.54) is 29.8 Å². The monoisotopic (exact) mass is 363 g/mol. The Balaban J connectivity index is 1.55. The molecule has 1 heterocycles. The van der Waals surface area contributed by atoms with Gasteiger partial charge in [0.1, 0.15) is 0 Å². The van der Waals surface area contributed by atoms with Crippen LogP contribution < -0.4 is 5.32 Å². The van der Waals surface area contributed by atoms with Gasteiger partial charge in [-0.05, 0) is 42.4 Å². The Kier molecular flexibility index (Phi) is 4.39. The Labute approximate surface area is 156 Å². The van der Waals surface area contributed by atoms with Gasteiger partial charge in [-0.15, -0.1) is 0 Å². The topological polar surface area (TPSA) is 88.0 Å². The van der Waals surface area contributed by atoms with Crippen LogP contribution in [0.3, 0.4) is 0 Å². The highest BCUT2D eigenvalue weighted by Crippen LogP contribution is 2.32. The minimum atomic E-state index is -0.434. The summed E-state index contributed by atoms with van der Waals surface area (Å²) in [5, 5.41) is 14.8. The van der Waals surface area contributed by atoms with E-state index in [2.05, 4.69) is 23.3 Å².